The first-order valence-corrected chi connectivity index (χ1v) is 11.2. The third-order valence-corrected chi connectivity index (χ3v) is 6.34. The van der Waals surface area contributed by atoms with Crippen molar-refractivity contribution in [1.29, 1.82) is 0 Å². The minimum atomic E-state index is -0.372. The van der Waals surface area contributed by atoms with Gasteiger partial charge in [0.15, 0.2) is 0 Å². The number of ether oxygens (including phenoxy) is 5. The van der Waals surface area contributed by atoms with E-state index in [4.69, 9.17) is 23.7 Å². The average molecular weight is 451 g/mol. The zero-order valence-electron chi connectivity index (χ0n) is 18.8. The van der Waals surface area contributed by atoms with Crippen molar-refractivity contribution in [2.75, 3.05) is 27.4 Å². The Hall–Kier alpha value is -3.25. The molecule has 0 spiro atoms. The molecule has 1 aliphatic heterocycles. The molecule has 0 fully saturated rings. The number of hydrogen-bond acceptors (Lipinski definition) is 5. The first-order chi connectivity index (χ1) is 16.2. The first-order valence-electron chi connectivity index (χ1n) is 11.2. The molecule has 1 aliphatic carbocycles. The molecule has 33 heavy (non-hydrogen) atoms. The van der Waals surface area contributed by atoms with Crippen LogP contribution >= 0.6 is 0 Å². The second-order valence-corrected chi connectivity index (χ2v) is 8.35. The highest BCUT2D eigenvalue weighted by Gasteiger charge is 2.31. The van der Waals surface area contributed by atoms with E-state index in [0.717, 1.165) is 23.5 Å². The summed E-state index contributed by atoms with van der Waals surface area (Å²) in [5, 5.41) is 0. The highest BCUT2D eigenvalue weighted by Crippen LogP contribution is 2.44. The topological polar surface area (TPSA) is 46.2 Å². The highest BCUT2D eigenvalue weighted by molar-refractivity contribution is 5.49. The molecule has 0 saturated heterocycles. The maximum absolute atomic E-state index is 14.9. The average Bonchev–Trinajstić information content (AvgIpc) is 3.45. The molecule has 0 N–H and O–H groups in total. The summed E-state index contributed by atoms with van der Waals surface area (Å²) in [4.78, 5) is 0. The minimum Gasteiger partial charge on any atom is -0.497 e. The van der Waals surface area contributed by atoms with Gasteiger partial charge in [-0.25, -0.2) is 4.39 Å². The zero-order valence-corrected chi connectivity index (χ0v) is 18.8. The molecule has 172 valence electrons. The molecule has 3 aromatic rings. The Bertz CT molecular complexity index is 1130. The minimum absolute atomic E-state index is 0.272. The summed E-state index contributed by atoms with van der Waals surface area (Å²) in [5.74, 6) is 3.66. The summed E-state index contributed by atoms with van der Waals surface area (Å²) in [5.41, 5.74) is 2.60. The van der Waals surface area contributed by atoms with Gasteiger partial charge in [-0.05, 0) is 61.7 Å². The SMILES string of the molecule is COCCC1COc2cc(OC3CCc4c(Oc5ccc(OC)cc5)ccc(F)c43)ccc21. The van der Waals surface area contributed by atoms with Crippen LogP contribution in [-0.4, -0.2) is 27.4 Å². The van der Waals surface area contributed by atoms with Gasteiger partial charge in [-0.2, -0.15) is 0 Å². The van der Waals surface area contributed by atoms with Gasteiger partial charge < -0.3 is 23.7 Å². The van der Waals surface area contributed by atoms with Crippen LogP contribution in [0.4, 0.5) is 4.39 Å². The van der Waals surface area contributed by atoms with E-state index in [-0.39, 0.29) is 11.9 Å². The van der Waals surface area contributed by atoms with Gasteiger partial charge in [-0.3, -0.25) is 0 Å². The van der Waals surface area contributed by atoms with Gasteiger partial charge >= 0.3 is 0 Å². The quantitative estimate of drug-likeness (QED) is 0.409. The fraction of sp³-hybridized carbons (Fsp3) is 0.333. The molecular weight excluding hydrogens is 423 g/mol. The second-order valence-electron chi connectivity index (χ2n) is 8.35. The number of hydrogen-bond donors (Lipinski definition) is 0. The molecule has 1 heterocycles. The monoisotopic (exact) mass is 450 g/mol. The van der Waals surface area contributed by atoms with Crippen molar-refractivity contribution in [3.63, 3.8) is 0 Å². The third-order valence-electron chi connectivity index (χ3n) is 6.34. The number of benzene rings is 3. The van der Waals surface area contributed by atoms with E-state index in [1.54, 1.807) is 20.3 Å². The van der Waals surface area contributed by atoms with E-state index < -0.39 is 0 Å². The van der Waals surface area contributed by atoms with Gasteiger partial charge in [-0.15, -0.1) is 0 Å². The van der Waals surface area contributed by atoms with E-state index in [1.165, 1.54) is 11.6 Å². The van der Waals surface area contributed by atoms with Crippen LogP contribution in [0.25, 0.3) is 0 Å². The molecule has 2 aliphatic rings. The number of halogens is 1. The van der Waals surface area contributed by atoms with Crippen LogP contribution in [-0.2, 0) is 11.2 Å². The van der Waals surface area contributed by atoms with Gasteiger partial charge in [0.2, 0.25) is 0 Å². The lowest BCUT2D eigenvalue weighted by molar-refractivity contribution is 0.181. The Morgan fingerprint density at radius 2 is 1.76 bits per heavy atom. The first kappa shape index (κ1) is 21.6. The van der Waals surface area contributed by atoms with Crippen molar-refractivity contribution in [1.82, 2.24) is 0 Å². The number of methoxy groups -OCH3 is 2. The third kappa shape index (κ3) is 4.35. The lowest BCUT2D eigenvalue weighted by Gasteiger charge is -2.17. The Balaban J connectivity index is 1.34. The molecule has 0 amide bonds. The summed E-state index contributed by atoms with van der Waals surface area (Å²) in [6.45, 7) is 1.35. The highest BCUT2D eigenvalue weighted by atomic mass is 19.1. The van der Waals surface area contributed by atoms with Crippen molar-refractivity contribution < 1.29 is 28.1 Å². The molecule has 0 radical (unpaired) electrons. The van der Waals surface area contributed by atoms with Gasteiger partial charge in [-0.1, -0.05) is 6.07 Å². The molecule has 0 bridgehead atoms. The van der Waals surface area contributed by atoms with Crippen molar-refractivity contribution in [2.24, 2.45) is 0 Å². The Kier molecular flexibility index (Phi) is 6.09. The van der Waals surface area contributed by atoms with E-state index >= 15 is 0 Å². The Morgan fingerprint density at radius 1 is 0.970 bits per heavy atom. The van der Waals surface area contributed by atoms with E-state index in [1.807, 2.05) is 42.5 Å². The van der Waals surface area contributed by atoms with Crippen LogP contribution in [0.15, 0.2) is 54.6 Å². The van der Waals surface area contributed by atoms with Crippen LogP contribution in [0.5, 0.6) is 28.7 Å². The molecule has 6 heteroatoms. The van der Waals surface area contributed by atoms with Gasteiger partial charge in [0, 0.05) is 42.4 Å². The molecule has 5 nitrogen and oxygen atoms in total. The van der Waals surface area contributed by atoms with Crippen molar-refractivity contribution in [2.45, 2.75) is 31.3 Å². The molecule has 2 atom stereocenters. The summed E-state index contributed by atoms with van der Waals surface area (Å²) in [6, 6.07) is 16.4. The van der Waals surface area contributed by atoms with Gasteiger partial charge in [0.25, 0.3) is 0 Å². The summed E-state index contributed by atoms with van der Waals surface area (Å²) in [6.07, 6.45) is 1.91. The van der Waals surface area contributed by atoms with E-state index in [0.29, 0.717) is 54.8 Å². The normalized spacial score (nSPS) is 18.4. The fourth-order valence-corrected chi connectivity index (χ4v) is 4.62. The van der Waals surface area contributed by atoms with E-state index in [9.17, 15) is 4.39 Å². The van der Waals surface area contributed by atoms with Crippen molar-refractivity contribution in [3.05, 3.63) is 77.1 Å². The number of fused-ring (bicyclic) bond motifs is 2. The molecule has 0 saturated carbocycles. The van der Waals surface area contributed by atoms with Crippen LogP contribution in [0.2, 0.25) is 0 Å². The summed E-state index contributed by atoms with van der Waals surface area (Å²) < 4.78 is 43.4. The van der Waals surface area contributed by atoms with Gasteiger partial charge in [0.1, 0.15) is 40.7 Å². The maximum atomic E-state index is 14.9. The lowest BCUT2D eigenvalue weighted by Crippen LogP contribution is -2.06. The molecule has 0 aromatic heterocycles. The van der Waals surface area contributed by atoms with Gasteiger partial charge in [0.05, 0.1) is 13.7 Å². The fourth-order valence-electron chi connectivity index (χ4n) is 4.62. The smallest absolute Gasteiger partial charge is 0.131 e. The van der Waals surface area contributed by atoms with Crippen molar-refractivity contribution >= 4 is 0 Å². The van der Waals surface area contributed by atoms with Crippen molar-refractivity contribution in [3.8, 4) is 28.7 Å². The zero-order chi connectivity index (χ0) is 22.8. The summed E-state index contributed by atoms with van der Waals surface area (Å²) >= 11 is 0. The molecule has 3 aromatic carbocycles. The lowest BCUT2D eigenvalue weighted by atomic mass is 9.98. The number of rotatable bonds is 8. The predicted molar refractivity (Wildman–Crippen MR) is 122 cm³/mol. The standard InChI is InChI=1S/C27H27FO5/c1-29-14-13-17-16-31-26-15-20(7-8-21(17)26)33-25-11-9-22-24(12-10-23(28)27(22)25)32-19-5-3-18(30-2)4-6-19/h3-8,10,12,15,17,25H,9,11,13-14,16H2,1-2H3. The van der Waals surface area contributed by atoms with Crippen LogP contribution in [0.1, 0.15) is 41.6 Å². The molecule has 5 rings (SSSR count). The van der Waals surface area contributed by atoms with Crippen LogP contribution in [0.3, 0.4) is 0 Å². The van der Waals surface area contributed by atoms with E-state index in [2.05, 4.69) is 0 Å². The molecule has 2 unspecified atom stereocenters. The summed E-state index contributed by atoms with van der Waals surface area (Å²) in [7, 11) is 3.33. The van der Waals surface area contributed by atoms with Crippen LogP contribution < -0.4 is 18.9 Å². The largest absolute Gasteiger partial charge is 0.497 e. The Morgan fingerprint density at radius 3 is 2.55 bits per heavy atom. The molecular formula is C27H27FO5. The second kappa shape index (κ2) is 9.32. The van der Waals surface area contributed by atoms with Crippen LogP contribution in [0, 0.1) is 5.82 Å². The Labute approximate surface area is 193 Å². The maximum Gasteiger partial charge on any atom is 0.131 e. The predicted octanol–water partition coefficient (Wildman–Crippen LogP) is 6.21.